The molecule has 0 bridgehead atoms. The molecular weight excluding hydrogens is 522 g/mol. The van der Waals surface area contributed by atoms with Crippen LogP contribution in [0.1, 0.15) is 28.3 Å². The summed E-state index contributed by atoms with van der Waals surface area (Å²) in [5, 5.41) is 11.7. The molecule has 3 N–H and O–H groups in total. The molecule has 7 rings (SSSR count). The van der Waals surface area contributed by atoms with Crippen molar-refractivity contribution in [2.45, 2.75) is 25.4 Å². The Kier molecular flexibility index (Phi) is 7.93. The van der Waals surface area contributed by atoms with Crippen molar-refractivity contribution in [1.82, 2.24) is 16.0 Å². The molecule has 0 aliphatic carbocycles. The van der Waals surface area contributed by atoms with Crippen LogP contribution in [0.5, 0.6) is 0 Å². The number of benzene rings is 6. The van der Waals surface area contributed by atoms with Crippen LogP contribution in [0, 0.1) is 0 Å². The van der Waals surface area contributed by atoms with Crippen LogP contribution in [0.2, 0.25) is 0 Å². The van der Waals surface area contributed by atoms with Crippen molar-refractivity contribution in [3.8, 4) is 33.4 Å². The standard InChI is InChI=1S/C40H35N3/c1-5-15-29(16-6-1)33-23-13-25-35-36-26-14-24-34(30-17-7-2-8-18-30)38(36)28-42-40(41-27-37(33)35)43-39(31-19-9-3-10-20-31)32-21-11-4-12-22-32/h1-26,39-43H,27-28H2. The monoisotopic (exact) mass is 557 g/mol. The van der Waals surface area contributed by atoms with Crippen LogP contribution in [-0.4, -0.2) is 6.29 Å². The first-order valence-corrected chi connectivity index (χ1v) is 15.0. The highest BCUT2D eigenvalue weighted by Gasteiger charge is 2.24. The molecule has 0 aromatic heterocycles. The second-order valence-corrected chi connectivity index (χ2v) is 11.0. The molecule has 210 valence electrons. The fourth-order valence-electron chi connectivity index (χ4n) is 6.28. The normalized spacial score (nSPS) is 13.4. The summed E-state index contributed by atoms with van der Waals surface area (Å²) >= 11 is 0. The fraction of sp³-hybridized carbons (Fsp3) is 0.100. The molecule has 0 radical (unpaired) electrons. The molecule has 0 saturated heterocycles. The van der Waals surface area contributed by atoms with Crippen molar-refractivity contribution < 1.29 is 0 Å². The minimum absolute atomic E-state index is 0.0147. The smallest absolute Gasteiger partial charge is 0.113 e. The van der Waals surface area contributed by atoms with Crippen LogP contribution >= 0.6 is 0 Å². The Morgan fingerprint density at radius 1 is 0.419 bits per heavy atom. The number of nitrogens with one attached hydrogen (secondary N) is 3. The Bertz CT molecular complexity index is 1650. The molecule has 3 nitrogen and oxygen atoms in total. The average molecular weight is 558 g/mol. The predicted molar refractivity (Wildman–Crippen MR) is 178 cm³/mol. The van der Waals surface area contributed by atoms with Gasteiger partial charge in [0.25, 0.3) is 0 Å². The first kappa shape index (κ1) is 27.1. The van der Waals surface area contributed by atoms with Crippen molar-refractivity contribution in [3.05, 3.63) is 180 Å². The van der Waals surface area contributed by atoms with Gasteiger partial charge in [-0.25, -0.2) is 0 Å². The molecular formula is C40H35N3. The minimum Gasteiger partial charge on any atom is -0.285 e. The van der Waals surface area contributed by atoms with Gasteiger partial charge in [0, 0.05) is 13.1 Å². The van der Waals surface area contributed by atoms with Gasteiger partial charge in [0.15, 0.2) is 0 Å². The predicted octanol–water partition coefficient (Wildman–Crippen LogP) is 8.54. The van der Waals surface area contributed by atoms with Gasteiger partial charge in [0.1, 0.15) is 6.29 Å². The lowest BCUT2D eigenvalue weighted by Crippen LogP contribution is -2.53. The van der Waals surface area contributed by atoms with Crippen LogP contribution in [0.15, 0.2) is 158 Å². The van der Waals surface area contributed by atoms with Crippen molar-refractivity contribution in [2.75, 3.05) is 0 Å². The lowest BCUT2D eigenvalue weighted by molar-refractivity contribution is 0.331. The lowest BCUT2D eigenvalue weighted by atomic mass is 9.87. The van der Waals surface area contributed by atoms with E-state index in [0.717, 1.165) is 0 Å². The Morgan fingerprint density at radius 2 is 0.791 bits per heavy atom. The summed E-state index contributed by atoms with van der Waals surface area (Å²) < 4.78 is 0. The van der Waals surface area contributed by atoms with Gasteiger partial charge < -0.3 is 0 Å². The molecule has 0 fully saturated rings. The zero-order valence-corrected chi connectivity index (χ0v) is 24.1. The van der Waals surface area contributed by atoms with Crippen molar-refractivity contribution in [1.29, 1.82) is 0 Å². The maximum Gasteiger partial charge on any atom is 0.113 e. The Labute approximate surface area is 254 Å². The molecule has 43 heavy (non-hydrogen) atoms. The number of fused-ring (bicyclic) bond motifs is 3. The number of rotatable bonds is 6. The van der Waals surface area contributed by atoms with Gasteiger partial charge in [-0.05, 0) is 55.6 Å². The van der Waals surface area contributed by atoms with E-state index in [4.69, 9.17) is 0 Å². The third-order valence-corrected chi connectivity index (χ3v) is 8.38. The van der Waals surface area contributed by atoms with E-state index in [9.17, 15) is 0 Å². The number of hydrogen-bond donors (Lipinski definition) is 3. The number of hydrogen-bond acceptors (Lipinski definition) is 3. The van der Waals surface area contributed by atoms with Crippen LogP contribution in [0.3, 0.4) is 0 Å². The molecule has 0 atom stereocenters. The maximum absolute atomic E-state index is 3.94. The summed E-state index contributed by atoms with van der Waals surface area (Å²) in [6.45, 7) is 1.41. The van der Waals surface area contributed by atoms with Crippen molar-refractivity contribution in [3.63, 3.8) is 0 Å². The van der Waals surface area contributed by atoms with Gasteiger partial charge in [-0.3, -0.25) is 16.0 Å². The molecule has 0 unspecified atom stereocenters. The van der Waals surface area contributed by atoms with E-state index in [2.05, 4.69) is 174 Å². The Hall–Kier alpha value is -4.80. The average Bonchev–Trinajstić information content (AvgIpc) is 3.16. The summed E-state index contributed by atoms with van der Waals surface area (Å²) in [6, 6.07) is 56.3. The third-order valence-electron chi connectivity index (χ3n) is 8.38. The van der Waals surface area contributed by atoms with E-state index in [0.29, 0.717) is 13.1 Å². The van der Waals surface area contributed by atoms with Crippen LogP contribution < -0.4 is 16.0 Å². The van der Waals surface area contributed by atoms with Crippen molar-refractivity contribution in [2.24, 2.45) is 0 Å². The summed E-state index contributed by atoms with van der Waals surface area (Å²) in [7, 11) is 0. The highest BCUT2D eigenvalue weighted by molar-refractivity contribution is 5.84. The summed E-state index contributed by atoms with van der Waals surface area (Å²) in [6.07, 6.45) is -0.156. The molecule has 0 spiro atoms. The van der Waals surface area contributed by atoms with E-state index in [1.807, 2.05) is 0 Å². The van der Waals surface area contributed by atoms with Gasteiger partial charge in [-0.15, -0.1) is 0 Å². The second kappa shape index (κ2) is 12.6. The molecule has 1 aliphatic heterocycles. The van der Waals surface area contributed by atoms with Crippen molar-refractivity contribution >= 4 is 0 Å². The molecule has 1 aliphatic rings. The maximum atomic E-state index is 3.94. The topological polar surface area (TPSA) is 36.1 Å². The zero-order chi connectivity index (χ0) is 28.8. The van der Waals surface area contributed by atoms with Crippen LogP contribution in [0.4, 0.5) is 0 Å². The third kappa shape index (κ3) is 5.79. The van der Waals surface area contributed by atoms with E-state index in [1.165, 1.54) is 55.6 Å². The molecule has 6 aromatic carbocycles. The van der Waals surface area contributed by atoms with E-state index in [1.54, 1.807) is 0 Å². The molecule has 1 heterocycles. The summed E-state index contributed by atoms with van der Waals surface area (Å²) in [5.41, 5.74) is 12.6. The van der Waals surface area contributed by atoms with Gasteiger partial charge in [-0.1, -0.05) is 158 Å². The Balaban J connectivity index is 1.35. The second-order valence-electron chi connectivity index (χ2n) is 11.0. The SMILES string of the molecule is c1ccc(-c2cccc3c2CNC(NC(c2ccccc2)c2ccccc2)NCc2c(-c4ccccc4)cccc2-3)cc1. The fourth-order valence-corrected chi connectivity index (χ4v) is 6.28. The van der Waals surface area contributed by atoms with Gasteiger partial charge in [-0.2, -0.15) is 0 Å². The first-order valence-electron chi connectivity index (χ1n) is 15.0. The zero-order valence-electron chi connectivity index (χ0n) is 24.1. The first-order chi connectivity index (χ1) is 21.3. The van der Waals surface area contributed by atoms with E-state index >= 15 is 0 Å². The molecule has 0 amide bonds. The molecule has 3 heteroatoms. The highest BCUT2D eigenvalue weighted by atomic mass is 15.3. The van der Waals surface area contributed by atoms with Gasteiger partial charge >= 0.3 is 0 Å². The summed E-state index contributed by atoms with van der Waals surface area (Å²) in [4.78, 5) is 0. The highest BCUT2D eigenvalue weighted by Crippen LogP contribution is 2.38. The largest absolute Gasteiger partial charge is 0.285 e. The molecule has 0 saturated carbocycles. The molecule has 6 aromatic rings. The summed E-state index contributed by atoms with van der Waals surface area (Å²) in [5.74, 6) is 0. The van der Waals surface area contributed by atoms with Crippen LogP contribution in [-0.2, 0) is 13.1 Å². The van der Waals surface area contributed by atoms with Gasteiger partial charge in [0.2, 0.25) is 0 Å². The quantitative estimate of drug-likeness (QED) is 0.192. The lowest BCUT2D eigenvalue weighted by Gasteiger charge is -2.28. The van der Waals surface area contributed by atoms with E-state index in [-0.39, 0.29) is 12.3 Å². The Morgan fingerprint density at radius 3 is 1.21 bits per heavy atom. The van der Waals surface area contributed by atoms with Crippen LogP contribution in [0.25, 0.3) is 33.4 Å². The minimum atomic E-state index is -0.156. The van der Waals surface area contributed by atoms with E-state index < -0.39 is 0 Å². The van der Waals surface area contributed by atoms with Gasteiger partial charge in [0.05, 0.1) is 6.04 Å².